The molecule has 0 spiro atoms. The number of imidazole rings is 1. The summed E-state index contributed by atoms with van der Waals surface area (Å²) < 4.78 is 1.51. The molecule has 6 nitrogen and oxygen atoms in total. The van der Waals surface area contributed by atoms with Crippen molar-refractivity contribution in [3.8, 4) is 0 Å². The van der Waals surface area contributed by atoms with Gasteiger partial charge in [-0.3, -0.25) is 10.2 Å². The maximum atomic E-state index is 10.8. The van der Waals surface area contributed by atoms with Crippen LogP contribution in [0.25, 0.3) is 11.0 Å². The average Bonchev–Trinajstić information content (AvgIpc) is 2.49. The van der Waals surface area contributed by atoms with E-state index in [4.69, 9.17) is 5.73 Å². The highest BCUT2D eigenvalue weighted by Crippen LogP contribution is 2.14. The summed E-state index contributed by atoms with van der Waals surface area (Å²) >= 11 is 0. The molecule has 2 rings (SSSR count). The highest BCUT2D eigenvalue weighted by Gasteiger charge is 2.05. The van der Waals surface area contributed by atoms with Gasteiger partial charge in [0.05, 0.1) is 5.52 Å². The minimum Gasteiger partial charge on any atom is -0.382 e. The first-order valence-corrected chi connectivity index (χ1v) is 4.03. The molecule has 1 amide bonds. The normalized spacial score (nSPS) is 10.4. The summed E-state index contributed by atoms with van der Waals surface area (Å²) in [5.41, 5.74) is 9.50. The summed E-state index contributed by atoms with van der Waals surface area (Å²) in [5, 5.41) is 0. The van der Waals surface area contributed by atoms with Crippen molar-refractivity contribution >= 4 is 22.8 Å². The fourth-order valence-electron chi connectivity index (χ4n) is 1.22. The summed E-state index contributed by atoms with van der Waals surface area (Å²) in [7, 11) is 0. The molecule has 14 heavy (non-hydrogen) atoms. The first kappa shape index (κ1) is 8.49. The lowest BCUT2D eigenvalue weighted by molar-refractivity contribution is -0.115. The number of nitrogen functional groups attached to an aromatic ring is 1. The summed E-state index contributed by atoms with van der Waals surface area (Å²) in [6, 6.07) is 1.73. The van der Waals surface area contributed by atoms with Crippen LogP contribution in [0.3, 0.4) is 0 Å². The zero-order valence-corrected chi connectivity index (χ0v) is 7.56. The zero-order chi connectivity index (χ0) is 10.1. The highest BCUT2D eigenvalue weighted by molar-refractivity contribution is 5.88. The zero-order valence-electron chi connectivity index (χ0n) is 7.56. The van der Waals surface area contributed by atoms with E-state index in [0.29, 0.717) is 11.3 Å². The minimum absolute atomic E-state index is 0.167. The molecule has 0 fully saturated rings. The number of nitrogens with zero attached hydrogens (tertiary/aromatic N) is 3. The van der Waals surface area contributed by atoms with E-state index in [2.05, 4.69) is 15.4 Å². The highest BCUT2D eigenvalue weighted by atomic mass is 16.2. The van der Waals surface area contributed by atoms with Crippen molar-refractivity contribution in [3.63, 3.8) is 0 Å². The van der Waals surface area contributed by atoms with Gasteiger partial charge in [0.2, 0.25) is 5.91 Å². The molecule has 0 unspecified atom stereocenters. The van der Waals surface area contributed by atoms with Crippen LogP contribution >= 0.6 is 0 Å². The summed E-state index contributed by atoms with van der Waals surface area (Å²) in [5.74, 6) is 0.186. The van der Waals surface area contributed by atoms with Gasteiger partial charge in [0.1, 0.15) is 11.8 Å². The molecule has 3 N–H and O–H groups in total. The summed E-state index contributed by atoms with van der Waals surface area (Å²) in [6.45, 7) is 1.43. The van der Waals surface area contributed by atoms with Gasteiger partial charge in [-0.2, -0.15) is 0 Å². The molecule has 2 heterocycles. The molecule has 0 aromatic carbocycles. The number of fused-ring (bicyclic) bond motifs is 1. The molecule has 2 aromatic heterocycles. The van der Waals surface area contributed by atoms with Crippen LogP contribution in [0.15, 0.2) is 18.6 Å². The van der Waals surface area contributed by atoms with Gasteiger partial charge >= 0.3 is 0 Å². The molecule has 0 radical (unpaired) electrons. The summed E-state index contributed by atoms with van der Waals surface area (Å²) in [6.07, 6.45) is 3.06. The second-order valence-electron chi connectivity index (χ2n) is 2.85. The lowest BCUT2D eigenvalue weighted by Crippen LogP contribution is -2.18. The number of rotatable bonds is 1. The lowest BCUT2D eigenvalue weighted by Gasteiger charge is -2.02. The standard InChI is InChI=1S/C8H9N5O/c1-5(14)12-13-4-11-7-6(13)2-3-10-8(7)9/h2-4H,1H3,(H2,9,10)(H,12,14). The Balaban J connectivity index is 2.58. The van der Waals surface area contributed by atoms with Crippen LogP contribution in [0.2, 0.25) is 0 Å². The Kier molecular flexibility index (Phi) is 1.81. The fraction of sp³-hybridized carbons (Fsp3) is 0.125. The van der Waals surface area contributed by atoms with Gasteiger partial charge in [0.25, 0.3) is 0 Å². The van der Waals surface area contributed by atoms with E-state index in [1.165, 1.54) is 17.9 Å². The van der Waals surface area contributed by atoms with Crippen LogP contribution in [0.4, 0.5) is 5.82 Å². The second kappa shape index (κ2) is 2.99. The topological polar surface area (TPSA) is 85.8 Å². The van der Waals surface area contributed by atoms with Gasteiger partial charge in [0, 0.05) is 13.1 Å². The third-order valence-electron chi connectivity index (χ3n) is 1.77. The van der Waals surface area contributed by atoms with Gasteiger partial charge in [0.15, 0.2) is 5.82 Å². The van der Waals surface area contributed by atoms with E-state index >= 15 is 0 Å². The van der Waals surface area contributed by atoms with E-state index in [1.807, 2.05) is 0 Å². The van der Waals surface area contributed by atoms with E-state index in [-0.39, 0.29) is 5.91 Å². The Bertz CT molecular complexity index is 489. The molecular formula is C8H9N5O. The van der Waals surface area contributed by atoms with Gasteiger partial charge in [-0.1, -0.05) is 0 Å². The van der Waals surface area contributed by atoms with E-state index in [1.54, 1.807) is 12.3 Å². The molecule has 2 aromatic rings. The number of nitrogens with two attached hydrogens (primary N) is 1. The van der Waals surface area contributed by atoms with E-state index in [9.17, 15) is 4.79 Å². The third-order valence-corrected chi connectivity index (χ3v) is 1.77. The Labute approximate surface area is 79.7 Å². The number of hydrogen-bond acceptors (Lipinski definition) is 4. The number of amides is 1. The Morgan fingerprint density at radius 2 is 2.36 bits per heavy atom. The van der Waals surface area contributed by atoms with Crippen molar-refractivity contribution < 1.29 is 4.79 Å². The molecular weight excluding hydrogens is 182 g/mol. The van der Waals surface area contributed by atoms with Crippen LogP contribution in [0, 0.1) is 0 Å². The van der Waals surface area contributed by atoms with Crippen LogP contribution in [-0.4, -0.2) is 20.6 Å². The predicted molar refractivity (Wildman–Crippen MR) is 52.0 cm³/mol. The van der Waals surface area contributed by atoms with Crippen molar-refractivity contribution in [2.45, 2.75) is 6.92 Å². The molecule has 0 bridgehead atoms. The molecule has 0 saturated heterocycles. The number of anilines is 1. The van der Waals surface area contributed by atoms with E-state index < -0.39 is 0 Å². The van der Waals surface area contributed by atoms with Gasteiger partial charge < -0.3 is 5.73 Å². The number of aromatic nitrogens is 3. The van der Waals surface area contributed by atoms with Crippen LogP contribution in [0.1, 0.15) is 6.92 Å². The fourth-order valence-corrected chi connectivity index (χ4v) is 1.22. The van der Waals surface area contributed by atoms with Crippen LogP contribution in [0.5, 0.6) is 0 Å². The average molecular weight is 191 g/mol. The molecule has 0 aliphatic rings. The molecule has 0 aliphatic heterocycles. The van der Waals surface area contributed by atoms with Crippen LogP contribution in [-0.2, 0) is 4.79 Å². The molecule has 72 valence electrons. The maximum absolute atomic E-state index is 10.8. The third kappa shape index (κ3) is 1.26. The smallest absolute Gasteiger partial charge is 0.235 e. The Morgan fingerprint density at radius 3 is 3.07 bits per heavy atom. The van der Waals surface area contributed by atoms with Crippen molar-refractivity contribution in [2.24, 2.45) is 0 Å². The molecule has 0 aliphatic carbocycles. The monoisotopic (exact) mass is 191 g/mol. The number of carbonyl (C=O) groups excluding carboxylic acids is 1. The van der Waals surface area contributed by atoms with Gasteiger partial charge in [-0.15, -0.1) is 0 Å². The van der Waals surface area contributed by atoms with E-state index in [0.717, 1.165) is 5.52 Å². The van der Waals surface area contributed by atoms with Crippen molar-refractivity contribution in [3.05, 3.63) is 18.6 Å². The number of carbonyl (C=O) groups is 1. The number of hydrogen-bond donors (Lipinski definition) is 2. The summed E-state index contributed by atoms with van der Waals surface area (Å²) in [4.78, 5) is 18.8. The number of nitrogens with one attached hydrogen (secondary N) is 1. The SMILES string of the molecule is CC(=O)Nn1cnc2c(N)nccc21. The van der Waals surface area contributed by atoms with Gasteiger partial charge in [-0.25, -0.2) is 14.6 Å². The predicted octanol–water partition coefficient (Wildman–Crippen LogP) is 0.103. The molecule has 6 heteroatoms. The first-order valence-electron chi connectivity index (χ1n) is 4.03. The van der Waals surface area contributed by atoms with Crippen LogP contribution < -0.4 is 11.2 Å². The molecule has 0 atom stereocenters. The van der Waals surface area contributed by atoms with Crippen molar-refractivity contribution in [2.75, 3.05) is 11.2 Å². The molecule has 0 saturated carbocycles. The quantitative estimate of drug-likeness (QED) is 0.669. The van der Waals surface area contributed by atoms with Crippen molar-refractivity contribution in [1.82, 2.24) is 14.6 Å². The first-order chi connectivity index (χ1) is 6.68. The van der Waals surface area contributed by atoms with Gasteiger partial charge in [-0.05, 0) is 6.07 Å². The lowest BCUT2D eigenvalue weighted by atomic mass is 10.4. The Hall–Kier alpha value is -2.11. The largest absolute Gasteiger partial charge is 0.382 e. The second-order valence-corrected chi connectivity index (χ2v) is 2.85. The maximum Gasteiger partial charge on any atom is 0.235 e. The minimum atomic E-state index is -0.167. The Morgan fingerprint density at radius 1 is 1.57 bits per heavy atom. The number of pyridine rings is 1. The van der Waals surface area contributed by atoms with Crippen molar-refractivity contribution in [1.29, 1.82) is 0 Å².